The fourth-order valence-electron chi connectivity index (χ4n) is 5.01. The highest BCUT2D eigenvalue weighted by Crippen LogP contribution is 2.35. The van der Waals surface area contributed by atoms with Gasteiger partial charge in [0.1, 0.15) is 12.2 Å². The summed E-state index contributed by atoms with van der Waals surface area (Å²) in [4.78, 5) is 44.0. The molecule has 2 fully saturated rings. The molecule has 0 saturated carbocycles. The molecule has 5 rings (SSSR count). The molecule has 4 amide bonds. The van der Waals surface area contributed by atoms with Crippen LogP contribution in [0.1, 0.15) is 22.7 Å². The van der Waals surface area contributed by atoms with Crippen LogP contribution in [-0.2, 0) is 22.7 Å². The van der Waals surface area contributed by atoms with Crippen LogP contribution in [0, 0.1) is 0 Å². The summed E-state index contributed by atoms with van der Waals surface area (Å²) in [6.07, 6.45) is -0.706. The Bertz CT molecular complexity index is 1340. The molecule has 10 heteroatoms. The number of likely N-dealkylation sites (N-methyl/N-ethyl adjacent to an activating group) is 1. The first kappa shape index (κ1) is 26.0. The largest absolute Gasteiger partial charge is 0.334 e. The van der Waals surface area contributed by atoms with E-state index in [1.165, 1.54) is 5.01 Å². The zero-order valence-corrected chi connectivity index (χ0v) is 22.3. The Labute approximate surface area is 231 Å². The third-order valence-electron chi connectivity index (χ3n) is 6.80. The average Bonchev–Trinajstić information content (AvgIpc) is 2.91. The Hall–Kier alpha value is -3.59. The lowest BCUT2D eigenvalue weighted by Gasteiger charge is -2.54. The van der Waals surface area contributed by atoms with E-state index in [-0.39, 0.29) is 37.5 Å². The summed E-state index contributed by atoms with van der Waals surface area (Å²) in [6.45, 7) is 0.690. The minimum absolute atomic E-state index is 0.0291. The maximum absolute atomic E-state index is 13.9. The molecule has 0 radical (unpaired) electrons. The lowest BCUT2D eigenvalue weighted by atomic mass is 9.98. The number of amides is 4. The van der Waals surface area contributed by atoms with Crippen molar-refractivity contribution in [2.24, 2.45) is 0 Å². The van der Waals surface area contributed by atoms with Gasteiger partial charge in [-0.15, -0.1) is 0 Å². The summed E-state index contributed by atoms with van der Waals surface area (Å²) in [7, 11) is 1.70. The van der Waals surface area contributed by atoms with Crippen molar-refractivity contribution in [2.45, 2.75) is 25.3 Å². The van der Waals surface area contributed by atoms with Crippen LogP contribution < -0.4 is 5.32 Å². The van der Waals surface area contributed by atoms with Gasteiger partial charge >= 0.3 is 6.03 Å². The first-order valence-corrected chi connectivity index (χ1v) is 13.0. The number of halogens is 2. The number of rotatable bonds is 5. The lowest BCUT2D eigenvalue weighted by molar-refractivity contribution is -0.188. The number of benzene rings is 3. The summed E-state index contributed by atoms with van der Waals surface area (Å²) < 4.78 is 0. The molecule has 0 bridgehead atoms. The number of carbonyl (C=O) groups is 3. The van der Waals surface area contributed by atoms with Crippen molar-refractivity contribution in [3.63, 3.8) is 0 Å². The minimum atomic E-state index is -0.872. The first-order chi connectivity index (χ1) is 18.3. The van der Waals surface area contributed by atoms with Gasteiger partial charge in [0.25, 0.3) is 5.91 Å². The Kier molecular flexibility index (Phi) is 7.56. The van der Waals surface area contributed by atoms with E-state index in [0.717, 1.165) is 11.1 Å². The van der Waals surface area contributed by atoms with Gasteiger partial charge in [0.05, 0.1) is 23.1 Å². The number of carbonyl (C=O) groups excluding carboxylic acids is 3. The number of piperazine rings is 1. The van der Waals surface area contributed by atoms with Gasteiger partial charge < -0.3 is 15.1 Å². The average molecular weight is 552 g/mol. The number of hydrogen-bond acceptors (Lipinski definition) is 4. The van der Waals surface area contributed by atoms with Gasteiger partial charge in [0.2, 0.25) is 5.91 Å². The van der Waals surface area contributed by atoms with Gasteiger partial charge in [-0.3, -0.25) is 9.59 Å². The quantitative estimate of drug-likeness (QED) is 0.512. The summed E-state index contributed by atoms with van der Waals surface area (Å²) in [6, 6.07) is 22.8. The normalized spacial score (nSPS) is 19.9. The van der Waals surface area contributed by atoms with Crippen molar-refractivity contribution in [3.8, 4) is 0 Å². The molecule has 2 heterocycles. The monoisotopic (exact) mass is 551 g/mol. The summed E-state index contributed by atoms with van der Waals surface area (Å²) in [5.41, 5.74) is 2.43. The van der Waals surface area contributed by atoms with Gasteiger partial charge in [-0.25, -0.2) is 14.8 Å². The lowest BCUT2D eigenvalue weighted by Crippen LogP contribution is -2.73. The molecule has 8 nitrogen and oxygen atoms in total. The molecule has 1 N–H and O–H groups in total. The molecular weight excluding hydrogens is 525 g/mol. The number of urea groups is 1. The van der Waals surface area contributed by atoms with Crippen molar-refractivity contribution >= 4 is 41.0 Å². The van der Waals surface area contributed by atoms with E-state index in [9.17, 15) is 14.4 Å². The molecule has 196 valence electrons. The van der Waals surface area contributed by atoms with E-state index >= 15 is 0 Å². The van der Waals surface area contributed by atoms with Gasteiger partial charge in [-0.2, -0.15) is 0 Å². The molecule has 3 aromatic rings. The smallest absolute Gasteiger partial charge is 0.333 e. The van der Waals surface area contributed by atoms with Crippen LogP contribution in [0.4, 0.5) is 4.79 Å². The summed E-state index contributed by atoms with van der Waals surface area (Å²) >= 11 is 12.3. The molecule has 0 unspecified atom stereocenters. The zero-order valence-electron chi connectivity index (χ0n) is 20.8. The van der Waals surface area contributed by atoms with Crippen molar-refractivity contribution in [2.75, 3.05) is 20.1 Å². The molecule has 2 aliphatic heterocycles. The number of hydrazine groups is 1. The van der Waals surface area contributed by atoms with Crippen LogP contribution in [0.3, 0.4) is 0 Å². The molecule has 2 saturated heterocycles. The molecule has 0 aromatic heterocycles. The molecule has 0 aliphatic carbocycles. The maximum atomic E-state index is 13.9. The Morgan fingerprint density at radius 1 is 0.921 bits per heavy atom. The summed E-state index contributed by atoms with van der Waals surface area (Å²) in [5, 5.41) is 6.93. The topological polar surface area (TPSA) is 76.2 Å². The fraction of sp³-hybridized carbons (Fsp3) is 0.250. The van der Waals surface area contributed by atoms with Crippen LogP contribution in [-0.4, -0.2) is 64.0 Å². The van der Waals surface area contributed by atoms with Crippen LogP contribution in [0.2, 0.25) is 10.0 Å². The standard InChI is InChI=1S/C28H27Cl2N5O3/c1-32-18-25(36)34-24(35(32)28(38)31-15-19-8-4-2-5-9-19)17-33(16-20-12-13-22(29)23(30)14-20)27(37)26(34)21-10-6-3-7-11-21/h2-14,24,26H,15-18H2,1H3,(H,31,38)/t24-,26-/m0/s1. The SMILES string of the molecule is CN1CC(=O)N2[C@@H](c3ccccc3)C(=O)N(Cc3ccc(Cl)c(Cl)c3)C[C@@H]2N1C(=O)NCc1ccccc1. The van der Waals surface area contributed by atoms with Crippen molar-refractivity contribution in [1.29, 1.82) is 0 Å². The Balaban J connectivity index is 1.48. The summed E-state index contributed by atoms with van der Waals surface area (Å²) in [5.74, 6) is -0.443. The van der Waals surface area contributed by atoms with E-state index in [4.69, 9.17) is 23.2 Å². The van der Waals surface area contributed by atoms with E-state index < -0.39 is 12.2 Å². The third-order valence-corrected chi connectivity index (χ3v) is 7.54. The van der Waals surface area contributed by atoms with Gasteiger partial charge in [-0.1, -0.05) is 89.9 Å². The second-order valence-electron chi connectivity index (χ2n) is 9.37. The van der Waals surface area contributed by atoms with Crippen LogP contribution >= 0.6 is 23.2 Å². The minimum Gasteiger partial charge on any atom is -0.333 e. The van der Waals surface area contributed by atoms with Gasteiger partial charge in [-0.05, 0) is 28.8 Å². The number of hydrogen-bond donors (Lipinski definition) is 1. The van der Waals surface area contributed by atoms with E-state index in [1.54, 1.807) is 34.0 Å². The fourth-order valence-corrected chi connectivity index (χ4v) is 5.33. The van der Waals surface area contributed by atoms with Gasteiger partial charge in [0.15, 0.2) is 0 Å². The predicted molar refractivity (Wildman–Crippen MR) is 145 cm³/mol. The maximum Gasteiger partial charge on any atom is 0.334 e. The van der Waals surface area contributed by atoms with Crippen molar-refractivity contribution < 1.29 is 14.4 Å². The van der Waals surface area contributed by atoms with E-state index in [0.29, 0.717) is 22.2 Å². The third kappa shape index (κ3) is 5.20. The van der Waals surface area contributed by atoms with Gasteiger partial charge in [0, 0.05) is 20.1 Å². The number of nitrogens with one attached hydrogen (secondary N) is 1. The second-order valence-corrected chi connectivity index (χ2v) is 10.2. The highest BCUT2D eigenvalue weighted by molar-refractivity contribution is 6.42. The van der Waals surface area contributed by atoms with Crippen LogP contribution in [0.5, 0.6) is 0 Å². The highest BCUT2D eigenvalue weighted by atomic mass is 35.5. The van der Waals surface area contributed by atoms with Crippen LogP contribution in [0.15, 0.2) is 78.9 Å². The number of nitrogens with zero attached hydrogens (tertiary/aromatic N) is 4. The molecule has 2 aliphatic rings. The highest BCUT2D eigenvalue weighted by Gasteiger charge is 2.51. The predicted octanol–water partition coefficient (Wildman–Crippen LogP) is 4.30. The van der Waals surface area contributed by atoms with Crippen molar-refractivity contribution in [3.05, 3.63) is 106 Å². The molecule has 3 aromatic carbocycles. The number of fused-ring (bicyclic) bond motifs is 1. The zero-order chi connectivity index (χ0) is 26.8. The Morgan fingerprint density at radius 2 is 1.61 bits per heavy atom. The van der Waals surface area contributed by atoms with E-state index in [1.807, 2.05) is 66.7 Å². The Morgan fingerprint density at radius 3 is 2.29 bits per heavy atom. The molecule has 2 atom stereocenters. The molecular formula is C28H27Cl2N5O3. The molecule has 38 heavy (non-hydrogen) atoms. The first-order valence-electron chi connectivity index (χ1n) is 12.2. The van der Waals surface area contributed by atoms with E-state index in [2.05, 4.69) is 5.32 Å². The van der Waals surface area contributed by atoms with Crippen LogP contribution in [0.25, 0.3) is 0 Å². The molecule has 0 spiro atoms. The second kappa shape index (κ2) is 11.0. The van der Waals surface area contributed by atoms with Crippen molar-refractivity contribution in [1.82, 2.24) is 25.1 Å².